The van der Waals surface area contributed by atoms with Crippen LogP contribution in [0.1, 0.15) is 99.3 Å². The summed E-state index contributed by atoms with van der Waals surface area (Å²) < 4.78 is 23.6. The summed E-state index contributed by atoms with van der Waals surface area (Å²) in [6.45, 7) is 12.1. The Hall–Kier alpha value is -2.09. The fraction of sp³-hybridized carbons (Fsp3) is 0.881. The number of allylic oxidation sites excluding steroid dienone is 2. The Kier molecular flexibility index (Phi) is 11.2. The molecule has 0 amide bonds. The molecule has 58 heavy (non-hydrogen) atoms. The largest absolute Gasteiger partial charge is 0.481 e. The third kappa shape index (κ3) is 6.21. The molecule has 0 radical (unpaired) electrons. The predicted octanol–water partition coefficient (Wildman–Crippen LogP) is 1.12. The summed E-state index contributed by atoms with van der Waals surface area (Å²) in [5.74, 6) is -3.07. The predicted molar refractivity (Wildman–Crippen MR) is 200 cm³/mol. The number of hydrogen-bond donors (Lipinski definition) is 9. The number of fused-ring (bicyclic) bond motifs is 7. The van der Waals surface area contributed by atoms with Crippen LogP contribution in [-0.2, 0) is 33.3 Å². The molecule has 0 spiro atoms. The van der Waals surface area contributed by atoms with Gasteiger partial charge in [-0.1, -0.05) is 53.2 Å². The van der Waals surface area contributed by atoms with Gasteiger partial charge in [0.05, 0.1) is 24.2 Å². The molecule has 6 fully saturated rings. The van der Waals surface area contributed by atoms with Gasteiger partial charge in [0, 0.05) is 0 Å². The van der Waals surface area contributed by atoms with Crippen LogP contribution < -0.4 is 0 Å². The topological polar surface area (TPSA) is 270 Å². The fourth-order valence-electron chi connectivity index (χ4n) is 13.6. The molecule has 16 nitrogen and oxygen atoms in total. The van der Waals surface area contributed by atoms with Crippen LogP contribution in [0.15, 0.2) is 11.6 Å². The first kappa shape index (κ1) is 44.0. The zero-order valence-electron chi connectivity index (χ0n) is 34.3. The van der Waals surface area contributed by atoms with Crippen LogP contribution in [0.3, 0.4) is 0 Å². The van der Waals surface area contributed by atoms with Gasteiger partial charge in [-0.3, -0.25) is 4.79 Å². The molecule has 328 valence electrons. The SMILES string of the molecule is CC1(C)CC[C@@]2(C(=O)O)C(C1)C1=CCC3C4(C)CC[C@H](O[C@@H]5OC(C(=O)O)[C@@H](O)C(O)[C@@H]5O[C@@H]5OC(CO)[C@H](O)C(O)[C@@H]5O)[C@](C)(C=O)C4CC[C@@]3(C)[C@]1(C)C[C@H]2O. The summed E-state index contributed by atoms with van der Waals surface area (Å²) >= 11 is 0. The first-order valence-electron chi connectivity index (χ1n) is 20.9. The summed E-state index contributed by atoms with van der Waals surface area (Å²) in [7, 11) is 0. The van der Waals surface area contributed by atoms with Gasteiger partial charge in [-0.25, -0.2) is 4.79 Å². The lowest BCUT2D eigenvalue weighted by Gasteiger charge is -2.71. The minimum atomic E-state index is -2.03. The van der Waals surface area contributed by atoms with Crippen molar-refractivity contribution in [3.63, 3.8) is 0 Å². The highest BCUT2D eigenvalue weighted by Gasteiger charge is 2.72. The number of aliphatic hydroxyl groups is 7. The number of carboxylic acids is 2. The van der Waals surface area contributed by atoms with Gasteiger partial charge in [0.25, 0.3) is 0 Å². The molecule has 2 aliphatic heterocycles. The maximum Gasteiger partial charge on any atom is 0.335 e. The molecule has 0 aromatic rings. The number of carbonyl (C=O) groups is 3. The lowest BCUT2D eigenvalue weighted by atomic mass is 9.33. The summed E-state index contributed by atoms with van der Waals surface area (Å²) in [4.78, 5) is 38.8. The Morgan fingerprint density at radius 3 is 2.10 bits per heavy atom. The van der Waals surface area contributed by atoms with Crippen molar-refractivity contribution in [3.05, 3.63) is 11.6 Å². The van der Waals surface area contributed by atoms with E-state index in [2.05, 4.69) is 40.7 Å². The van der Waals surface area contributed by atoms with E-state index in [4.69, 9.17) is 18.9 Å². The van der Waals surface area contributed by atoms with Crippen molar-refractivity contribution in [1.82, 2.24) is 0 Å². The van der Waals surface area contributed by atoms with Crippen LogP contribution in [-0.4, -0.2) is 144 Å². The summed E-state index contributed by atoms with van der Waals surface area (Å²) in [5, 5.41) is 95.7. The van der Waals surface area contributed by atoms with Crippen LogP contribution in [0, 0.1) is 50.2 Å². The van der Waals surface area contributed by atoms with Gasteiger partial charge in [-0.05, 0) is 97.2 Å². The second kappa shape index (κ2) is 14.8. The first-order valence-corrected chi connectivity index (χ1v) is 20.9. The minimum absolute atomic E-state index is 0.0374. The molecule has 4 saturated carbocycles. The number of aldehydes is 1. The molecular weight excluding hydrogens is 760 g/mol. The number of carboxylic acid groups (broad SMARTS) is 2. The lowest BCUT2D eigenvalue weighted by Crippen LogP contribution is -2.68. The molecule has 2 heterocycles. The van der Waals surface area contributed by atoms with E-state index in [1.165, 1.54) is 0 Å². The summed E-state index contributed by atoms with van der Waals surface area (Å²) in [6, 6.07) is 0. The van der Waals surface area contributed by atoms with Crippen LogP contribution >= 0.6 is 0 Å². The lowest BCUT2D eigenvalue weighted by molar-refractivity contribution is -0.373. The van der Waals surface area contributed by atoms with E-state index < -0.39 is 114 Å². The standard InChI is InChI=1S/C42H64O16/c1-37(2)13-14-42(36(53)54)20(15-37)19-7-8-23-38(3)11-10-25(39(4,18-44)22(38)9-12-40(23,5)41(19,6)16-24(42)45)56-35-32(29(49)28(48)31(57-35)33(51)52)58-34-30(50)27(47)26(46)21(17-43)55-34/h7,18,20-32,34-35,43,45-50H,8-17H2,1-6H3,(H,51,52)(H,53,54)/t20?,21?,22?,23?,24-,25+,26+,27?,28+,29?,30+,31?,32+,34+,35-,38?,39-,40-,41-,42-/m1/s1. The molecule has 0 aromatic carbocycles. The van der Waals surface area contributed by atoms with Gasteiger partial charge < -0.3 is 69.7 Å². The third-order valence-electron chi connectivity index (χ3n) is 17.2. The number of carbonyl (C=O) groups excluding carboxylic acids is 1. The maximum atomic E-state index is 13.5. The molecule has 0 aromatic heterocycles. The molecule has 16 heteroatoms. The van der Waals surface area contributed by atoms with E-state index in [9.17, 15) is 60.3 Å². The Bertz CT molecular complexity index is 1650. The fourth-order valence-corrected chi connectivity index (χ4v) is 13.6. The molecule has 5 aliphatic carbocycles. The van der Waals surface area contributed by atoms with E-state index in [-0.39, 0.29) is 28.6 Å². The van der Waals surface area contributed by atoms with Crippen molar-refractivity contribution in [3.8, 4) is 0 Å². The van der Waals surface area contributed by atoms with Crippen LogP contribution in [0.2, 0.25) is 0 Å². The van der Waals surface area contributed by atoms with Crippen molar-refractivity contribution in [1.29, 1.82) is 0 Å². The number of ether oxygens (including phenoxy) is 4. The quantitative estimate of drug-likeness (QED) is 0.0943. The average molecular weight is 825 g/mol. The number of rotatable bonds is 8. The van der Waals surface area contributed by atoms with E-state index in [1.54, 1.807) is 6.92 Å². The second-order valence-electron chi connectivity index (χ2n) is 20.5. The van der Waals surface area contributed by atoms with Gasteiger partial charge in [0.15, 0.2) is 18.7 Å². The zero-order chi connectivity index (χ0) is 42.7. The van der Waals surface area contributed by atoms with Crippen molar-refractivity contribution < 1.29 is 79.3 Å². The molecule has 7 aliphatic rings. The Morgan fingerprint density at radius 1 is 0.793 bits per heavy atom. The molecule has 20 atom stereocenters. The van der Waals surface area contributed by atoms with Crippen molar-refractivity contribution >= 4 is 18.2 Å². The highest BCUT2D eigenvalue weighted by molar-refractivity contribution is 5.77. The van der Waals surface area contributed by atoms with Gasteiger partial charge in [-0.15, -0.1) is 0 Å². The van der Waals surface area contributed by atoms with Gasteiger partial charge in [0.1, 0.15) is 54.4 Å². The van der Waals surface area contributed by atoms with Crippen LogP contribution in [0.4, 0.5) is 0 Å². The zero-order valence-corrected chi connectivity index (χ0v) is 34.3. The average Bonchev–Trinajstić information content (AvgIpc) is 3.15. The van der Waals surface area contributed by atoms with E-state index >= 15 is 0 Å². The molecule has 0 bridgehead atoms. The van der Waals surface area contributed by atoms with E-state index in [0.29, 0.717) is 57.8 Å². The number of aliphatic hydroxyl groups excluding tert-OH is 7. The summed E-state index contributed by atoms with van der Waals surface area (Å²) in [6.07, 6.45) is -11.9. The van der Waals surface area contributed by atoms with E-state index in [1.807, 2.05) is 0 Å². The molecule has 9 N–H and O–H groups in total. The Labute approximate surface area is 338 Å². The van der Waals surface area contributed by atoms with Crippen LogP contribution in [0.5, 0.6) is 0 Å². The second-order valence-corrected chi connectivity index (χ2v) is 20.5. The molecule has 7 rings (SSSR count). The number of hydrogen-bond acceptors (Lipinski definition) is 14. The van der Waals surface area contributed by atoms with Gasteiger partial charge in [0.2, 0.25) is 0 Å². The Balaban J connectivity index is 1.19. The van der Waals surface area contributed by atoms with Gasteiger partial charge in [-0.2, -0.15) is 0 Å². The summed E-state index contributed by atoms with van der Waals surface area (Å²) in [5.41, 5.74) is -2.70. The highest BCUT2D eigenvalue weighted by Crippen LogP contribution is 2.76. The van der Waals surface area contributed by atoms with Crippen LogP contribution in [0.25, 0.3) is 0 Å². The van der Waals surface area contributed by atoms with Crippen molar-refractivity contribution in [2.75, 3.05) is 6.61 Å². The van der Waals surface area contributed by atoms with Crippen molar-refractivity contribution in [2.45, 2.75) is 173 Å². The molecule has 2 saturated heterocycles. The molecule has 8 unspecified atom stereocenters. The minimum Gasteiger partial charge on any atom is -0.481 e. The van der Waals surface area contributed by atoms with E-state index in [0.717, 1.165) is 11.9 Å². The normalized spacial score (nSPS) is 53.8. The van der Waals surface area contributed by atoms with Crippen molar-refractivity contribution in [2.24, 2.45) is 50.2 Å². The molecular formula is C42H64O16. The first-order chi connectivity index (χ1) is 27.0. The third-order valence-corrected chi connectivity index (χ3v) is 17.2. The van der Waals surface area contributed by atoms with Gasteiger partial charge >= 0.3 is 11.9 Å². The maximum absolute atomic E-state index is 13.5. The highest BCUT2D eigenvalue weighted by atomic mass is 16.8. The number of aliphatic carboxylic acids is 2. The smallest absolute Gasteiger partial charge is 0.335 e. The monoisotopic (exact) mass is 824 g/mol. The Morgan fingerprint density at radius 2 is 1.48 bits per heavy atom.